The van der Waals surface area contributed by atoms with E-state index >= 15 is 0 Å². The van der Waals surface area contributed by atoms with Crippen molar-refractivity contribution in [3.8, 4) is 0 Å². The van der Waals surface area contributed by atoms with Crippen LogP contribution in [0.3, 0.4) is 0 Å². The second-order valence-corrected chi connectivity index (χ2v) is 5.74. The first-order chi connectivity index (χ1) is 8.28. The minimum atomic E-state index is -0.613. The predicted octanol–water partition coefficient (Wildman–Crippen LogP) is 0.473. The number of hydrogen-bond acceptors (Lipinski definition) is 5. The van der Waals surface area contributed by atoms with E-state index in [2.05, 4.69) is 20.2 Å². The van der Waals surface area contributed by atoms with Crippen LogP contribution in [0.2, 0.25) is 0 Å². The molecule has 5 nitrogen and oxygen atoms in total. The first-order valence-corrected chi connectivity index (χ1v) is 7.39. The van der Waals surface area contributed by atoms with Crippen LogP contribution in [0.25, 0.3) is 0 Å². The zero-order chi connectivity index (χ0) is 12.1. The van der Waals surface area contributed by atoms with Crippen molar-refractivity contribution in [3.63, 3.8) is 0 Å². The lowest BCUT2D eigenvalue weighted by Crippen LogP contribution is -2.37. The van der Waals surface area contributed by atoms with E-state index < -0.39 is 10.8 Å². The largest absolute Gasteiger partial charge is 0.369 e. The van der Waals surface area contributed by atoms with Gasteiger partial charge in [-0.05, 0) is 6.92 Å². The van der Waals surface area contributed by atoms with Gasteiger partial charge >= 0.3 is 0 Å². The topological polar surface area (TPSA) is 58.1 Å². The molecule has 0 unspecified atom stereocenters. The molecule has 0 aliphatic carbocycles. The fourth-order valence-electron chi connectivity index (χ4n) is 1.77. The van der Waals surface area contributed by atoms with Gasteiger partial charge in [0.05, 0.1) is 18.1 Å². The molecule has 0 aromatic carbocycles. The van der Waals surface area contributed by atoms with Gasteiger partial charge in [0, 0.05) is 48.5 Å². The Bertz CT molecular complexity index is 372. The fourth-order valence-corrected chi connectivity index (χ4v) is 2.90. The van der Waals surface area contributed by atoms with Crippen molar-refractivity contribution in [1.82, 2.24) is 14.9 Å². The van der Waals surface area contributed by atoms with Crippen LogP contribution in [-0.2, 0) is 17.3 Å². The van der Waals surface area contributed by atoms with Crippen LogP contribution >= 0.6 is 0 Å². The highest BCUT2D eigenvalue weighted by Crippen LogP contribution is 2.07. The maximum absolute atomic E-state index is 11.2. The Hall–Kier alpha value is -1.01. The second kappa shape index (κ2) is 6.07. The molecule has 1 saturated heterocycles. The molecule has 1 N–H and O–H groups in total. The van der Waals surface area contributed by atoms with Gasteiger partial charge in [0.2, 0.25) is 0 Å². The molecule has 6 heteroatoms. The molecular formula is C11H18N4OS. The van der Waals surface area contributed by atoms with E-state index in [0.717, 1.165) is 49.2 Å². The van der Waals surface area contributed by atoms with Crippen LogP contribution in [0, 0.1) is 0 Å². The van der Waals surface area contributed by atoms with Crippen molar-refractivity contribution in [2.24, 2.45) is 0 Å². The quantitative estimate of drug-likeness (QED) is 0.846. The minimum absolute atomic E-state index is 0.613. The summed E-state index contributed by atoms with van der Waals surface area (Å²) in [6.45, 7) is 5.47. The van der Waals surface area contributed by atoms with Crippen molar-refractivity contribution in [3.05, 3.63) is 18.1 Å². The number of rotatable bonds is 4. The van der Waals surface area contributed by atoms with Gasteiger partial charge in [0.1, 0.15) is 5.82 Å². The van der Waals surface area contributed by atoms with Crippen molar-refractivity contribution in [1.29, 1.82) is 0 Å². The zero-order valence-corrected chi connectivity index (χ0v) is 10.9. The highest BCUT2D eigenvalue weighted by atomic mass is 32.2. The predicted molar refractivity (Wildman–Crippen MR) is 69.3 cm³/mol. The number of nitrogens with zero attached hydrogens (tertiary/aromatic N) is 3. The summed E-state index contributed by atoms with van der Waals surface area (Å²) < 4.78 is 11.2. The van der Waals surface area contributed by atoms with Gasteiger partial charge in [-0.25, -0.2) is 4.98 Å². The summed E-state index contributed by atoms with van der Waals surface area (Å²) in [7, 11) is -0.613. The monoisotopic (exact) mass is 254 g/mol. The first-order valence-electron chi connectivity index (χ1n) is 5.90. The van der Waals surface area contributed by atoms with Gasteiger partial charge in [0.15, 0.2) is 0 Å². The zero-order valence-electron chi connectivity index (χ0n) is 10.1. The van der Waals surface area contributed by atoms with Crippen LogP contribution in [0.15, 0.2) is 12.4 Å². The summed E-state index contributed by atoms with van der Waals surface area (Å²) in [5.74, 6) is 2.38. The van der Waals surface area contributed by atoms with Crippen LogP contribution in [0.4, 0.5) is 5.82 Å². The third-order valence-electron chi connectivity index (χ3n) is 2.72. The Morgan fingerprint density at radius 1 is 1.35 bits per heavy atom. The average molecular weight is 254 g/mol. The van der Waals surface area contributed by atoms with Gasteiger partial charge in [-0.2, -0.15) is 0 Å². The summed E-state index contributed by atoms with van der Waals surface area (Å²) in [5, 5.41) is 3.12. The highest BCUT2D eigenvalue weighted by molar-refractivity contribution is 7.85. The Morgan fingerprint density at radius 2 is 2.12 bits per heavy atom. The molecule has 1 aliphatic heterocycles. The number of anilines is 1. The summed E-state index contributed by atoms with van der Waals surface area (Å²) >= 11 is 0. The maximum atomic E-state index is 11.2. The molecule has 1 fully saturated rings. The Labute approximate surface area is 104 Å². The van der Waals surface area contributed by atoms with E-state index in [0.29, 0.717) is 0 Å². The van der Waals surface area contributed by atoms with E-state index in [9.17, 15) is 4.21 Å². The van der Waals surface area contributed by atoms with Gasteiger partial charge in [-0.1, -0.05) is 0 Å². The molecule has 2 rings (SSSR count). The molecule has 0 spiro atoms. The summed E-state index contributed by atoms with van der Waals surface area (Å²) in [5.41, 5.74) is 0.972. The van der Waals surface area contributed by atoms with Crippen LogP contribution in [-0.4, -0.2) is 50.2 Å². The van der Waals surface area contributed by atoms with E-state index in [1.807, 2.05) is 13.1 Å². The molecule has 1 aromatic heterocycles. The Balaban J connectivity index is 1.88. The number of nitrogens with one attached hydrogen (secondary N) is 1. The molecule has 0 saturated carbocycles. The standard InChI is InChI=1S/C11H18N4OS/c1-2-12-11-8-13-10(7-14-11)9-15-3-5-17(16)6-4-15/h7-8H,2-6,9H2,1H3,(H,12,14). The lowest BCUT2D eigenvalue weighted by Gasteiger charge is -2.25. The van der Waals surface area contributed by atoms with E-state index in [4.69, 9.17) is 0 Å². The number of aromatic nitrogens is 2. The molecule has 0 amide bonds. The van der Waals surface area contributed by atoms with E-state index in [1.165, 1.54) is 0 Å². The smallest absolute Gasteiger partial charge is 0.144 e. The Kier molecular flexibility index (Phi) is 4.44. The Morgan fingerprint density at radius 3 is 2.71 bits per heavy atom. The SMILES string of the molecule is CCNc1cnc(CN2CCS(=O)CC2)cn1. The number of hydrogen-bond donors (Lipinski definition) is 1. The van der Waals surface area contributed by atoms with Crippen LogP contribution in [0.5, 0.6) is 0 Å². The van der Waals surface area contributed by atoms with Gasteiger partial charge < -0.3 is 5.32 Å². The summed E-state index contributed by atoms with van der Waals surface area (Å²) in [6.07, 6.45) is 3.57. The minimum Gasteiger partial charge on any atom is -0.369 e. The van der Waals surface area contributed by atoms with Crippen LogP contribution < -0.4 is 5.32 Å². The maximum Gasteiger partial charge on any atom is 0.144 e. The third kappa shape index (κ3) is 3.74. The molecular weight excluding hydrogens is 236 g/mol. The van der Waals surface area contributed by atoms with Crippen molar-refractivity contribution < 1.29 is 4.21 Å². The molecule has 0 bridgehead atoms. The average Bonchev–Trinajstić information content (AvgIpc) is 2.35. The molecule has 1 aliphatic rings. The normalized spacial score (nSPS) is 18.2. The van der Waals surface area contributed by atoms with Crippen LogP contribution in [0.1, 0.15) is 12.6 Å². The third-order valence-corrected chi connectivity index (χ3v) is 4.00. The molecule has 1 aromatic rings. The highest BCUT2D eigenvalue weighted by Gasteiger charge is 2.15. The van der Waals surface area contributed by atoms with Gasteiger partial charge in [0.25, 0.3) is 0 Å². The second-order valence-electron chi connectivity index (χ2n) is 4.05. The summed E-state index contributed by atoms with van der Waals surface area (Å²) in [6, 6.07) is 0. The van der Waals surface area contributed by atoms with Gasteiger partial charge in [-0.15, -0.1) is 0 Å². The molecule has 2 heterocycles. The van der Waals surface area contributed by atoms with E-state index in [1.54, 1.807) is 6.20 Å². The van der Waals surface area contributed by atoms with Crippen molar-refractivity contribution in [2.45, 2.75) is 13.5 Å². The lowest BCUT2D eigenvalue weighted by molar-refractivity contribution is 0.287. The lowest BCUT2D eigenvalue weighted by atomic mass is 10.4. The molecule has 0 atom stereocenters. The molecule has 17 heavy (non-hydrogen) atoms. The fraction of sp³-hybridized carbons (Fsp3) is 0.636. The summed E-state index contributed by atoms with van der Waals surface area (Å²) in [4.78, 5) is 10.9. The van der Waals surface area contributed by atoms with Crippen molar-refractivity contribution in [2.75, 3.05) is 36.5 Å². The molecule has 0 radical (unpaired) electrons. The van der Waals surface area contributed by atoms with Gasteiger partial charge in [-0.3, -0.25) is 14.1 Å². The van der Waals surface area contributed by atoms with E-state index in [-0.39, 0.29) is 0 Å². The first kappa shape index (κ1) is 12.4. The van der Waals surface area contributed by atoms with Crippen molar-refractivity contribution >= 4 is 16.6 Å². The molecule has 94 valence electrons.